The molecule has 0 amide bonds. The van der Waals surface area contributed by atoms with Crippen LogP contribution in [-0.2, 0) is 10.0 Å². The Hall–Kier alpha value is -0.870. The molecule has 1 aliphatic carbocycles. The Morgan fingerprint density at radius 3 is 2.21 bits per heavy atom. The monoisotopic (exact) mass is 281 g/mol. The predicted octanol–water partition coefficient (Wildman–Crippen LogP) is 3.32. The molecule has 0 heterocycles. The van der Waals surface area contributed by atoms with E-state index >= 15 is 0 Å². The molecule has 0 radical (unpaired) electrons. The Bertz CT molecular complexity index is 476. The maximum atomic E-state index is 12.3. The van der Waals surface area contributed by atoms with Crippen molar-refractivity contribution in [3.05, 3.63) is 30.3 Å². The van der Waals surface area contributed by atoms with Gasteiger partial charge >= 0.3 is 0 Å². The summed E-state index contributed by atoms with van der Waals surface area (Å²) in [6, 6.07) is 8.64. The Kier molecular flexibility index (Phi) is 4.99. The van der Waals surface area contributed by atoms with E-state index in [2.05, 4.69) is 4.72 Å². The molecule has 2 rings (SSSR count). The Morgan fingerprint density at radius 2 is 1.63 bits per heavy atom. The lowest BCUT2D eigenvalue weighted by Crippen LogP contribution is -2.37. The van der Waals surface area contributed by atoms with Crippen LogP contribution in [0.3, 0.4) is 0 Å². The van der Waals surface area contributed by atoms with Crippen LogP contribution in [0.25, 0.3) is 0 Å². The third kappa shape index (κ3) is 4.05. The van der Waals surface area contributed by atoms with Crippen LogP contribution in [0.4, 0.5) is 0 Å². The zero-order chi connectivity index (χ0) is 13.7. The van der Waals surface area contributed by atoms with E-state index in [1.807, 2.05) is 13.0 Å². The van der Waals surface area contributed by atoms with Crippen molar-refractivity contribution in [3.8, 4) is 0 Å². The molecule has 1 aliphatic rings. The van der Waals surface area contributed by atoms with Gasteiger partial charge in [0, 0.05) is 6.04 Å². The summed E-state index contributed by atoms with van der Waals surface area (Å²) in [4.78, 5) is 0.357. The summed E-state index contributed by atoms with van der Waals surface area (Å²) in [6.07, 6.45) is 7.30. The lowest BCUT2D eigenvalue weighted by molar-refractivity contribution is 0.370. The van der Waals surface area contributed by atoms with Gasteiger partial charge in [-0.2, -0.15) is 0 Å². The van der Waals surface area contributed by atoms with Gasteiger partial charge < -0.3 is 0 Å². The van der Waals surface area contributed by atoms with Crippen LogP contribution in [0.5, 0.6) is 0 Å². The standard InChI is InChI=1S/C15H23NO2S/c1-13(14-9-5-2-3-6-10-14)16-19(17,18)15-11-7-4-8-12-15/h4,7-8,11-14,16H,2-3,5-6,9-10H2,1H3/t13-/m0/s1. The van der Waals surface area contributed by atoms with Gasteiger partial charge in [0.2, 0.25) is 10.0 Å². The number of rotatable bonds is 4. The van der Waals surface area contributed by atoms with Gasteiger partial charge in [0.25, 0.3) is 0 Å². The molecule has 0 aliphatic heterocycles. The molecule has 1 N–H and O–H groups in total. The van der Waals surface area contributed by atoms with E-state index in [9.17, 15) is 8.42 Å². The number of sulfonamides is 1. The zero-order valence-corrected chi connectivity index (χ0v) is 12.3. The maximum Gasteiger partial charge on any atom is 0.240 e. The summed E-state index contributed by atoms with van der Waals surface area (Å²) < 4.78 is 27.4. The SMILES string of the molecule is C[C@H](NS(=O)(=O)c1ccccc1)C1CCCCCC1. The molecule has 1 saturated carbocycles. The molecule has 0 bridgehead atoms. The van der Waals surface area contributed by atoms with Crippen molar-refractivity contribution in [1.29, 1.82) is 0 Å². The van der Waals surface area contributed by atoms with Crippen molar-refractivity contribution >= 4 is 10.0 Å². The van der Waals surface area contributed by atoms with Crippen molar-refractivity contribution in [2.75, 3.05) is 0 Å². The minimum Gasteiger partial charge on any atom is -0.208 e. The molecular weight excluding hydrogens is 258 g/mol. The maximum absolute atomic E-state index is 12.3. The van der Waals surface area contributed by atoms with Gasteiger partial charge in [-0.15, -0.1) is 0 Å². The quantitative estimate of drug-likeness (QED) is 0.861. The summed E-state index contributed by atoms with van der Waals surface area (Å²) in [5.41, 5.74) is 0. The Balaban J connectivity index is 2.03. The largest absolute Gasteiger partial charge is 0.240 e. The van der Waals surface area contributed by atoms with Crippen LogP contribution in [0.1, 0.15) is 45.4 Å². The summed E-state index contributed by atoms with van der Waals surface area (Å²) in [7, 11) is -3.37. The van der Waals surface area contributed by atoms with Gasteiger partial charge in [-0.25, -0.2) is 13.1 Å². The first-order valence-electron chi connectivity index (χ1n) is 7.17. The van der Waals surface area contributed by atoms with Crippen LogP contribution in [0.15, 0.2) is 35.2 Å². The van der Waals surface area contributed by atoms with Gasteiger partial charge in [0.1, 0.15) is 0 Å². The van der Waals surface area contributed by atoms with E-state index in [1.54, 1.807) is 24.3 Å². The van der Waals surface area contributed by atoms with Crippen LogP contribution >= 0.6 is 0 Å². The van der Waals surface area contributed by atoms with Crippen molar-refractivity contribution in [2.45, 2.75) is 56.4 Å². The van der Waals surface area contributed by atoms with Crippen LogP contribution in [-0.4, -0.2) is 14.5 Å². The van der Waals surface area contributed by atoms with Gasteiger partial charge in [0.05, 0.1) is 4.90 Å². The fraction of sp³-hybridized carbons (Fsp3) is 0.600. The average molecular weight is 281 g/mol. The highest BCUT2D eigenvalue weighted by atomic mass is 32.2. The van der Waals surface area contributed by atoms with Crippen molar-refractivity contribution in [1.82, 2.24) is 4.72 Å². The molecule has 0 aromatic heterocycles. The van der Waals surface area contributed by atoms with Crippen LogP contribution < -0.4 is 4.72 Å². The van der Waals surface area contributed by atoms with Gasteiger partial charge in [-0.05, 0) is 37.8 Å². The molecular formula is C15H23NO2S. The predicted molar refractivity (Wildman–Crippen MR) is 77.4 cm³/mol. The molecule has 1 aromatic rings. The number of benzene rings is 1. The molecule has 0 saturated heterocycles. The third-order valence-corrected chi connectivity index (χ3v) is 5.58. The van der Waals surface area contributed by atoms with Crippen molar-refractivity contribution < 1.29 is 8.42 Å². The number of hydrogen-bond donors (Lipinski definition) is 1. The molecule has 1 aromatic carbocycles. The summed E-state index contributed by atoms with van der Waals surface area (Å²) in [5, 5.41) is 0. The van der Waals surface area contributed by atoms with Crippen LogP contribution in [0, 0.1) is 5.92 Å². The molecule has 4 heteroatoms. The summed E-state index contributed by atoms with van der Waals surface area (Å²) in [5.74, 6) is 0.473. The van der Waals surface area contributed by atoms with E-state index < -0.39 is 10.0 Å². The van der Waals surface area contributed by atoms with E-state index in [0.29, 0.717) is 10.8 Å². The van der Waals surface area contributed by atoms with Crippen molar-refractivity contribution in [2.24, 2.45) is 5.92 Å². The fourth-order valence-electron chi connectivity index (χ4n) is 2.82. The van der Waals surface area contributed by atoms with Gasteiger partial charge in [0.15, 0.2) is 0 Å². The second-order valence-corrected chi connectivity index (χ2v) is 7.19. The molecule has 106 valence electrons. The van der Waals surface area contributed by atoms with Gasteiger partial charge in [-0.3, -0.25) is 0 Å². The second kappa shape index (κ2) is 6.53. The minimum absolute atomic E-state index is 0.0170. The fourth-order valence-corrected chi connectivity index (χ4v) is 4.15. The summed E-state index contributed by atoms with van der Waals surface area (Å²) in [6.45, 7) is 2.00. The molecule has 0 spiro atoms. The number of nitrogens with one attached hydrogen (secondary N) is 1. The number of hydrogen-bond acceptors (Lipinski definition) is 2. The first kappa shape index (κ1) is 14.5. The first-order valence-corrected chi connectivity index (χ1v) is 8.65. The average Bonchev–Trinajstić information content (AvgIpc) is 2.68. The Morgan fingerprint density at radius 1 is 1.05 bits per heavy atom. The zero-order valence-electron chi connectivity index (χ0n) is 11.5. The highest BCUT2D eigenvalue weighted by molar-refractivity contribution is 7.89. The highest BCUT2D eigenvalue weighted by Gasteiger charge is 2.24. The normalized spacial score (nSPS) is 19.8. The summed E-state index contributed by atoms with van der Waals surface area (Å²) >= 11 is 0. The van der Waals surface area contributed by atoms with Crippen LogP contribution in [0.2, 0.25) is 0 Å². The minimum atomic E-state index is -3.37. The van der Waals surface area contributed by atoms with Gasteiger partial charge in [-0.1, -0.05) is 43.9 Å². The van der Waals surface area contributed by atoms with Crippen molar-refractivity contribution in [3.63, 3.8) is 0 Å². The lowest BCUT2D eigenvalue weighted by Gasteiger charge is -2.23. The van der Waals surface area contributed by atoms with E-state index in [-0.39, 0.29) is 6.04 Å². The Labute approximate surface area is 116 Å². The first-order chi connectivity index (χ1) is 9.09. The van der Waals surface area contributed by atoms with E-state index in [1.165, 1.54) is 25.7 Å². The van der Waals surface area contributed by atoms with E-state index in [4.69, 9.17) is 0 Å². The molecule has 0 unspecified atom stereocenters. The molecule has 1 fully saturated rings. The lowest BCUT2D eigenvalue weighted by atomic mass is 9.94. The smallest absolute Gasteiger partial charge is 0.208 e. The molecule has 19 heavy (non-hydrogen) atoms. The third-order valence-electron chi connectivity index (χ3n) is 4.00. The van der Waals surface area contributed by atoms with E-state index in [0.717, 1.165) is 12.8 Å². The molecule has 1 atom stereocenters. The second-order valence-electron chi connectivity index (χ2n) is 5.47. The highest BCUT2D eigenvalue weighted by Crippen LogP contribution is 2.26. The molecule has 3 nitrogen and oxygen atoms in total. The topological polar surface area (TPSA) is 46.2 Å².